The van der Waals surface area contributed by atoms with Crippen LogP contribution in [0.2, 0.25) is 0 Å². The first-order valence-corrected chi connectivity index (χ1v) is 10.4. The average Bonchev–Trinajstić information content (AvgIpc) is 3.27. The number of carbonyl (C=O) groups is 2. The highest BCUT2D eigenvalue weighted by atomic mass is 19.1. The number of anilines is 1. The number of rotatable bonds is 7. The van der Waals surface area contributed by atoms with Crippen molar-refractivity contribution in [1.82, 2.24) is 10.6 Å². The molecule has 0 unspecified atom stereocenters. The molecule has 2 heterocycles. The molecule has 1 fully saturated rings. The van der Waals surface area contributed by atoms with Crippen molar-refractivity contribution in [1.29, 1.82) is 0 Å². The van der Waals surface area contributed by atoms with E-state index >= 15 is 0 Å². The summed E-state index contributed by atoms with van der Waals surface area (Å²) in [5.74, 6) is -0.425. The van der Waals surface area contributed by atoms with Gasteiger partial charge in [0.15, 0.2) is 11.8 Å². The SMILES string of the molecule is CC(C)CNC(=O)C(=O)NC[C@@H](c1ccco1)[NH+]1CCN(c2ccc(F)cc2)CC1. The molecule has 1 aromatic heterocycles. The molecule has 1 saturated heterocycles. The standard InChI is InChI=1S/C22H29FN4O3/c1-16(2)14-24-21(28)22(29)25-15-19(20-4-3-13-30-20)27-11-9-26(10-12-27)18-7-5-17(23)6-8-18/h3-8,13,16,19H,9-12,14-15H2,1-2H3,(H,24,28)(H,25,29)/p+1/t19-/m0/s1. The summed E-state index contributed by atoms with van der Waals surface area (Å²) in [6.45, 7) is 8.00. The van der Waals surface area contributed by atoms with E-state index < -0.39 is 11.8 Å². The van der Waals surface area contributed by atoms with Gasteiger partial charge in [0.2, 0.25) is 0 Å². The molecule has 30 heavy (non-hydrogen) atoms. The molecule has 2 aromatic rings. The van der Waals surface area contributed by atoms with Crippen molar-refractivity contribution in [2.75, 3.05) is 44.2 Å². The van der Waals surface area contributed by atoms with Gasteiger partial charge < -0.3 is 24.9 Å². The molecule has 1 aromatic carbocycles. The smallest absolute Gasteiger partial charge is 0.309 e. The Balaban J connectivity index is 1.58. The highest BCUT2D eigenvalue weighted by Gasteiger charge is 2.31. The Morgan fingerprint density at radius 2 is 1.70 bits per heavy atom. The predicted molar refractivity (Wildman–Crippen MR) is 112 cm³/mol. The molecule has 162 valence electrons. The molecule has 3 rings (SSSR count). The molecule has 0 saturated carbocycles. The van der Waals surface area contributed by atoms with Crippen molar-refractivity contribution in [3.05, 3.63) is 54.2 Å². The molecule has 3 N–H and O–H groups in total. The third kappa shape index (κ3) is 5.82. The van der Waals surface area contributed by atoms with E-state index in [2.05, 4.69) is 15.5 Å². The lowest BCUT2D eigenvalue weighted by Crippen LogP contribution is -3.15. The number of furan rings is 1. The highest BCUT2D eigenvalue weighted by Crippen LogP contribution is 2.16. The molecular formula is C22H30FN4O3+. The fourth-order valence-corrected chi connectivity index (χ4v) is 3.64. The molecule has 1 aliphatic heterocycles. The van der Waals surface area contributed by atoms with Crippen molar-refractivity contribution >= 4 is 17.5 Å². The van der Waals surface area contributed by atoms with Crippen molar-refractivity contribution in [3.63, 3.8) is 0 Å². The number of nitrogens with one attached hydrogen (secondary N) is 3. The van der Waals surface area contributed by atoms with Crippen LogP contribution in [0.1, 0.15) is 25.6 Å². The summed E-state index contributed by atoms with van der Waals surface area (Å²) in [5, 5.41) is 5.39. The summed E-state index contributed by atoms with van der Waals surface area (Å²) in [6.07, 6.45) is 1.62. The Morgan fingerprint density at radius 1 is 1.07 bits per heavy atom. The third-order valence-corrected chi connectivity index (χ3v) is 5.32. The summed E-state index contributed by atoms with van der Waals surface area (Å²) >= 11 is 0. The zero-order valence-corrected chi connectivity index (χ0v) is 17.5. The molecule has 1 aliphatic rings. The van der Waals surface area contributed by atoms with E-state index in [1.165, 1.54) is 17.0 Å². The minimum absolute atomic E-state index is 0.0859. The third-order valence-electron chi connectivity index (χ3n) is 5.32. The summed E-state index contributed by atoms with van der Waals surface area (Å²) in [6, 6.07) is 10.2. The summed E-state index contributed by atoms with van der Waals surface area (Å²) < 4.78 is 18.8. The van der Waals surface area contributed by atoms with Gasteiger partial charge in [0.25, 0.3) is 0 Å². The lowest BCUT2D eigenvalue weighted by atomic mass is 10.1. The number of hydrogen-bond acceptors (Lipinski definition) is 4. The van der Waals surface area contributed by atoms with Gasteiger partial charge in [-0.05, 0) is 42.3 Å². The Bertz CT molecular complexity index is 815. The van der Waals surface area contributed by atoms with E-state index in [0.29, 0.717) is 13.1 Å². The van der Waals surface area contributed by atoms with Gasteiger partial charge in [-0.15, -0.1) is 0 Å². The number of hydrogen-bond donors (Lipinski definition) is 3. The average molecular weight is 418 g/mol. The first-order chi connectivity index (χ1) is 14.4. The maximum absolute atomic E-state index is 13.2. The molecule has 8 heteroatoms. The van der Waals surface area contributed by atoms with Crippen LogP contribution in [0.4, 0.5) is 10.1 Å². The first-order valence-electron chi connectivity index (χ1n) is 10.4. The largest absolute Gasteiger partial charge is 0.463 e. The monoisotopic (exact) mass is 417 g/mol. The molecule has 0 aliphatic carbocycles. The van der Waals surface area contributed by atoms with Crippen LogP contribution in [0.15, 0.2) is 47.1 Å². The van der Waals surface area contributed by atoms with Gasteiger partial charge in [0.05, 0.1) is 39.0 Å². The molecule has 1 atom stereocenters. The van der Waals surface area contributed by atoms with E-state index in [4.69, 9.17) is 4.42 Å². The van der Waals surface area contributed by atoms with E-state index in [1.54, 1.807) is 18.4 Å². The second kappa shape index (κ2) is 10.2. The summed E-state index contributed by atoms with van der Waals surface area (Å²) in [7, 11) is 0. The molecule has 2 amide bonds. The number of piperazine rings is 1. The zero-order valence-electron chi connectivity index (χ0n) is 17.5. The van der Waals surface area contributed by atoms with E-state index in [9.17, 15) is 14.0 Å². The van der Waals surface area contributed by atoms with Gasteiger partial charge in [-0.25, -0.2) is 4.39 Å². The number of halogens is 1. The number of quaternary nitrogens is 1. The van der Waals surface area contributed by atoms with Crippen molar-refractivity contribution in [2.24, 2.45) is 5.92 Å². The molecule has 0 spiro atoms. The van der Waals surface area contributed by atoms with E-state index in [0.717, 1.165) is 37.6 Å². The summed E-state index contributed by atoms with van der Waals surface area (Å²) in [5.41, 5.74) is 1.00. The molecule has 0 radical (unpaired) electrons. The normalized spacial score (nSPS) is 15.8. The van der Waals surface area contributed by atoms with Crippen LogP contribution in [0, 0.1) is 11.7 Å². The van der Waals surface area contributed by atoms with Gasteiger partial charge in [0, 0.05) is 12.2 Å². The molecule has 0 bridgehead atoms. The fraction of sp³-hybridized carbons (Fsp3) is 0.455. The Hall–Kier alpha value is -2.87. The Morgan fingerprint density at radius 3 is 2.27 bits per heavy atom. The quantitative estimate of drug-likeness (QED) is 0.581. The Kier molecular flexibility index (Phi) is 7.46. The molecule has 7 nitrogen and oxygen atoms in total. The van der Waals surface area contributed by atoms with Crippen LogP contribution in [-0.4, -0.2) is 51.1 Å². The minimum Gasteiger partial charge on any atom is -0.463 e. The zero-order chi connectivity index (χ0) is 21.5. The van der Waals surface area contributed by atoms with E-state index in [-0.39, 0.29) is 17.8 Å². The second-order valence-corrected chi connectivity index (χ2v) is 8.00. The highest BCUT2D eigenvalue weighted by molar-refractivity contribution is 6.35. The van der Waals surface area contributed by atoms with E-state index in [1.807, 2.05) is 26.0 Å². The van der Waals surface area contributed by atoms with Gasteiger partial charge in [0.1, 0.15) is 5.82 Å². The van der Waals surface area contributed by atoms with Gasteiger partial charge in [-0.1, -0.05) is 13.8 Å². The van der Waals surface area contributed by atoms with Crippen molar-refractivity contribution < 1.29 is 23.3 Å². The second-order valence-electron chi connectivity index (χ2n) is 8.00. The lowest BCUT2D eigenvalue weighted by molar-refractivity contribution is -0.932. The lowest BCUT2D eigenvalue weighted by Gasteiger charge is -2.37. The van der Waals surface area contributed by atoms with Gasteiger partial charge >= 0.3 is 11.8 Å². The first kappa shape index (κ1) is 21.8. The fourth-order valence-electron chi connectivity index (χ4n) is 3.64. The van der Waals surface area contributed by atoms with Gasteiger partial charge in [-0.2, -0.15) is 0 Å². The topological polar surface area (TPSA) is 79.0 Å². The number of carbonyl (C=O) groups excluding carboxylic acids is 2. The molecular weight excluding hydrogens is 387 g/mol. The predicted octanol–water partition coefficient (Wildman–Crippen LogP) is 0.753. The minimum atomic E-state index is -0.628. The van der Waals surface area contributed by atoms with Crippen LogP contribution < -0.4 is 20.4 Å². The van der Waals surface area contributed by atoms with Crippen molar-refractivity contribution in [3.8, 4) is 0 Å². The van der Waals surface area contributed by atoms with Crippen molar-refractivity contribution in [2.45, 2.75) is 19.9 Å². The van der Waals surface area contributed by atoms with Crippen LogP contribution >= 0.6 is 0 Å². The van der Waals surface area contributed by atoms with Crippen LogP contribution in [0.5, 0.6) is 0 Å². The Labute approximate surface area is 176 Å². The number of benzene rings is 1. The number of amides is 2. The van der Waals surface area contributed by atoms with Crippen LogP contribution in [-0.2, 0) is 9.59 Å². The maximum Gasteiger partial charge on any atom is 0.309 e. The van der Waals surface area contributed by atoms with Gasteiger partial charge in [-0.3, -0.25) is 9.59 Å². The maximum atomic E-state index is 13.2. The number of nitrogens with zero attached hydrogens (tertiary/aromatic N) is 1. The van der Waals surface area contributed by atoms with Crippen LogP contribution in [0.25, 0.3) is 0 Å². The summed E-state index contributed by atoms with van der Waals surface area (Å²) in [4.78, 5) is 27.6. The van der Waals surface area contributed by atoms with Crippen LogP contribution in [0.3, 0.4) is 0 Å².